The van der Waals surface area contributed by atoms with Gasteiger partial charge in [-0.2, -0.15) is 0 Å². The highest BCUT2D eigenvalue weighted by molar-refractivity contribution is 5.16. The lowest BCUT2D eigenvalue weighted by atomic mass is 9.48. The maximum absolute atomic E-state index is 4.21. The summed E-state index contributed by atoms with van der Waals surface area (Å²) in [5, 5.41) is 0. The second-order valence-electron chi connectivity index (χ2n) is 8.22. The van der Waals surface area contributed by atoms with Gasteiger partial charge in [0.15, 0.2) is 0 Å². The molecule has 1 heteroatoms. The number of nitrogens with zero attached hydrogens (tertiary/aromatic N) is 1. The van der Waals surface area contributed by atoms with E-state index < -0.39 is 0 Å². The molecular formula is C20H28N. The van der Waals surface area contributed by atoms with Crippen LogP contribution in [0.5, 0.6) is 0 Å². The molecule has 1 nitrogen and oxygen atoms in total. The smallest absolute Gasteiger partial charge is 0.0270 e. The van der Waals surface area contributed by atoms with E-state index in [1.54, 1.807) is 38.5 Å². The average molecular weight is 282 g/mol. The molecule has 0 spiro atoms. The quantitative estimate of drug-likeness (QED) is 0.706. The van der Waals surface area contributed by atoms with Gasteiger partial charge in [-0.1, -0.05) is 6.92 Å². The van der Waals surface area contributed by atoms with Crippen LogP contribution in [0, 0.1) is 30.1 Å². The zero-order chi connectivity index (χ0) is 14.3. The molecule has 1 aromatic heterocycles. The van der Waals surface area contributed by atoms with E-state index in [0.717, 1.165) is 29.6 Å². The third-order valence-electron chi connectivity index (χ3n) is 6.71. The molecule has 1 atom stereocenters. The molecular weight excluding hydrogens is 254 g/mol. The lowest BCUT2D eigenvalue weighted by molar-refractivity contribution is -0.0589. The van der Waals surface area contributed by atoms with Crippen LogP contribution in [0.25, 0.3) is 0 Å². The molecule has 0 amide bonds. The summed E-state index contributed by atoms with van der Waals surface area (Å²) in [5.41, 5.74) is 2.17. The fraction of sp³-hybridized carbons (Fsp3) is 0.700. The molecule has 4 aliphatic carbocycles. The van der Waals surface area contributed by atoms with Crippen molar-refractivity contribution in [3.05, 3.63) is 37.0 Å². The fourth-order valence-electron chi connectivity index (χ4n) is 6.19. The summed E-state index contributed by atoms with van der Waals surface area (Å²) in [6, 6.07) is 4.38. The Labute approximate surface area is 129 Å². The van der Waals surface area contributed by atoms with Gasteiger partial charge in [-0.15, -0.1) is 0 Å². The molecule has 1 aromatic rings. The summed E-state index contributed by atoms with van der Waals surface area (Å²) in [5.74, 6) is 3.88. The van der Waals surface area contributed by atoms with E-state index in [2.05, 4.69) is 24.0 Å². The van der Waals surface area contributed by atoms with E-state index in [-0.39, 0.29) is 0 Å². The van der Waals surface area contributed by atoms with Crippen LogP contribution in [-0.2, 0) is 0 Å². The van der Waals surface area contributed by atoms with E-state index in [0.29, 0.717) is 5.92 Å². The van der Waals surface area contributed by atoms with E-state index in [1.807, 2.05) is 12.4 Å². The lowest BCUT2D eigenvalue weighted by Crippen LogP contribution is -2.46. The van der Waals surface area contributed by atoms with Gasteiger partial charge in [-0.05, 0) is 105 Å². The summed E-state index contributed by atoms with van der Waals surface area (Å²) in [6.45, 7) is 4.21. The predicted octanol–water partition coefficient (Wildman–Crippen LogP) is 5.39. The molecule has 0 aliphatic heterocycles. The van der Waals surface area contributed by atoms with Crippen LogP contribution in [0.3, 0.4) is 0 Å². The average Bonchev–Trinajstić information content (AvgIpc) is 2.47. The second kappa shape index (κ2) is 5.41. The standard InChI is InChI=1S/C20H28N/c1-2-18(19-4-7-21-8-5-19)3-6-20-12-15-9-16(13-20)11-17(10-15)14-20/h4-5,7-8,15-18H,1-3,6,9-14H2. The third kappa shape index (κ3) is 2.64. The zero-order valence-corrected chi connectivity index (χ0v) is 13.1. The molecule has 113 valence electrons. The van der Waals surface area contributed by atoms with Gasteiger partial charge >= 0.3 is 0 Å². The van der Waals surface area contributed by atoms with Crippen molar-refractivity contribution in [2.45, 2.75) is 63.7 Å². The first-order valence-corrected chi connectivity index (χ1v) is 8.95. The summed E-state index contributed by atoms with van der Waals surface area (Å²) in [6.07, 6.45) is 17.0. The molecule has 0 saturated heterocycles. The number of hydrogen-bond acceptors (Lipinski definition) is 1. The Morgan fingerprint density at radius 2 is 1.62 bits per heavy atom. The van der Waals surface area contributed by atoms with Crippen molar-refractivity contribution in [3.63, 3.8) is 0 Å². The normalized spacial score (nSPS) is 38.6. The SMILES string of the molecule is [CH2]CC(CCC12CC3CC(CC(C3)C1)C2)c1ccncc1. The zero-order valence-electron chi connectivity index (χ0n) is 13.1. The van der Waals surface area contributed by atoms with E-state index >= 15 is 0 Å². The Hall–Kier alpha value is -0.850. The number of pyridine rings is 1. The van der Waals surface area contributed by atoms with Crippen LogP contribution in [0.2, 0.25) is 0 Å². The van der Waals surface area contributed by atoms with Gasteiger partial charge < -0.3 is 0 Å². The van der Waals surface area contributed by atoms with Gasteiger partial charge in [-0.3, -0.25) is 4.98 Å². The minimum absolute atomic E-state index is 0.640. The van der Waals surface area contributed by atoms with Crippen LogP contribution in [0.1, 0.15) is 69.3 Å². The van der Waals surface area contributed by atoms with Gasteiger partial charge in [0.05, 0.1) is 0 Å². The first kappa shape index (κ1) is 13.8. The van der Waals surface area contributed by atoms with Crippen LogP contribution in [0.4, 0.5) is 0 Å². The van der Waals surface area contributed by atoms with E-state index in [4.69, 9.17) is 0 Å². The molecule has 4 fully saturated rings. The minimum Gasteiger partial charge on any atom is -0.265 e. The van der Waals surface area contributed by atoms with Crippen molar-refractivity contribution >= 4 is 0 Å². The highest BCUT2D eigenvalue weighted by Gasteiger charge is 2.50. The van der Waals surface area contributed by atoms with Crippen molar-refractivity contribution in [1.82, 2.24) is 4.98 Å². The summed E-state index contributed by atoms with van der Waals surface area (Å²) in [7, 11) is 0. The monoisotopic (exact) mass is 282 g/mol. The van der Waals surface area contributed by atoms with Crippen molar-refractivity contribution in [1.29, 1.82) is 0 Å². The lowest BCUT2D eigenvalue weighted by Gasteiger charge is -2.57. The molecule has 5 rings (SSSR count). The number of aromatic nitrogens is 1. The molecule has 4 aliphatic rings. The molecule has 0 aromatic carbocycles. The van der Waals surface area contributed by atoms with Crippen molar-refractivity contribution in [3.8, 4) is 0 Å². The summed E-state index contributed by atoms with van der Waals surface area (Å²) in [4.78, 5) is 4.16. The van der Waals surface area contributed by atoms with Crippen LogP contribution in [-0.4, -0.2) is 4.98 Å². The van der Waals surface area contributed by atoms with Gasteiger partial charge in [0.2, 0.25) is 0 Å². The molecule has 4 bridgehead atoms. The number of rotatable bonds is 5. The van der Waals surface area contributed by atoms with E-state index in [9.17, 15) is 0 Å². The van der Waals surface area contributed by atoms with E-state index in [1.165, 1.54) is 18.4 Å². The largest absolute Gasteiger partial charge is 0.265 e. The first-order valence-electron chi connectivity index (χ1n) is 8.95. The summed E-state index contributed by atoms with van der Waals surface area (Å²) >= 11 is 0. The van der Waals surface area contributed by atoms with Crippen molar-refractivity contribution in [2.75, 3.05) is 0 Å². The Bertz CT molecular complexity index is 443. The molecule has 21 heavy (non-hydrogen) atoms. The Morgan fingerprint density at radius 1 is 1.05 bits per heavy atom. The maximum Gasteiger partial charge on any atom is 0.0270 e. The Morgan fingerprint density at radius 3 is 2.14 bits per heavy atom. The van der Waals surface area contributed by atoms with Gasteiger partial charge in [-0.25, -0.2) is 0 Å². The highest BCUT2D eigenvalue weighted by atomic mass is 14.6. The van der Waals surface area contributed by atoms with Gasteiger partial charge in [0.1, 0.15) is 0 Å². The first-order chi connectivity index (χ1) is 10.3. The van der Waals surface area contributed by atoms with Crippen LogP contribution >= 0.6 is 0 Å². The topological polar surface area (TPSA) is 12.9 Å². The third-order valence-corrected chi connectivity index (χ3v) is 6.71. The molecule has 4 saturated carbocycles. The van der Waals surface area contributed by atoms with Crippen molar-refractivity contribution in [2.24, 2.45) is 23.2 Å². The maximum atomic E-state index is 4.21. The molecule has 1 heterocycles. The Balaban J connectivity index is 1.44. The fourth-order valence-corrected chi connectivity index (χ4v) is 6.19. The summed E-state index contributed by atoms with van der Waals surface area (Å²) < 4.78 is 0. The van der Waals surface area contributed by atoms with Gasteiger partial charge in [0.25, 0.3) is 0 Å². The predicted molar refractivity (Wildman–Crippen MR) is 86.8 cm³/mol. The van der Waals surface area contributed by atoms with Crippen LogP contribution < -0.4 is 0 Å². The number of hydrogen-bond donors (Lipinski definition) is 0. The van der Waals surface area contributed by atoms with Crippen LogP contribution in [0.15, 0.2) is 24.5 Å². The molecule has 1 unspecified atom stereocenters. The molecule has 0 N–H and O–H groups in total. The van der Waals surface area contributed by atoms with Gasteiger partial charge in [0, 0.05) is 12.4 Å². The van der Waals surface area contributed by atoms with Crippen molar-refractivity contribution < 1.29 is 0 Å². The second-order valence-corrected chi connectivity index (χ2v) is 8.22. The molecule has 1 radical (unpaired) electrons. The Kier molecular flexibility index (Phi) is 3.55. The highest BCUT2D eigenvalue weighted by Crippen LogP contribution is 2.62. The minimum atomic E-state index is 0.640.